The summed E-state index contributed by atoms with van der Waals surface area (Å²) in [6.45, 7) is 0. The molecule has 0 aliphatic carbocycles. The molecule has 0 atom stereocenters. The highest BCUT2D eigenvalue weighted by molar-refractivity contribution is 9.10. The van der Waals surface area contributed by atoms with Crippen LogP contribution < -0.4 is 0 Å². The summed E-state index contributed by atoms with van der Waals surface area (Å²) < 4.78 is 0.971. The van der Waals surface area contributed by atoms with Crippen molar-refractivity contribution in [3.8, 4) is 0 Å². The molecule has 0 fully saturated rings. The van der Waals surface area contributed by atoms with Crippen LogP contribution in [0.25, 0.3) is 10.9 Å². The van der Waals surface area contributed by atoms with Crippen molar-refractivity contribution in [2.75, 3.05) is 0 Å². The highest BCUT2D eigenvalue weighted by Gasteiger charge is 2.16. The number of hydrogen-bond donors (Lipinski definition) is 1. The Kier molecular flexibility index (Phi) is 3.17. The topological polar surface area (TPSA) is 32.9 Å². The van der Waals surface area contributed by atoms with E-state index >= 15 is 0 Å². The van der Waals surface area contributed by atoms with Crippen molar-refractivity contribution in [2.24, 2.45) is 0 Å². The maximum Gasteiger partial charge on any atom is 0.196 e. The molecule has 1 heterocycles. The molecule has 94 valence electrons. The minimum Gasteiger partial charge on any atom is -0.360 e. The fourth-order valence-corrected chi connectivity index (χ4v) is 2.66. The fourth-order valence-electron chi connectivity index (χ4n) is 2.08. The van der Waals surface area contributed by atoms with Gasteiger partial charge in [0.25, 0.3) is 0 Å². The predicted molar refractivity (Wildman–Crippen MR) is 80.9 cm³/mol. The van der Waals surface area contributed by atoms with Gasteiger partial charge in [0.15, 0.2) is 5.78 Å². The lowest BCUT2D eigenvalue weighted by atomic mass is 10.0. The molecule has 3 aromatic rings. The highest BCUT2D eigenvalue weighted by Crippen LogP contribution is 2.26. The highest BCUT2D eigenvalue weighted by atomic mass is 79.9. The van der Waals surface area contributed by atoms with Crippen LogP contribution in [0, 0.1) is 0 Å². The van der Waals surface area contributed by atoms with Gasteiger partial charge in [-0.15, -0.1) is 0 Å². The summed E-state index contributed by atoms with van der Waals surface area (Å²) in [5, 5.41) is 1.37. The molecule has 2 aromatic carbocycles. The van der Waals surface area contributed by atoms with E-state index < -0.39 is 0 Å². The number of benzene rings is 2. The van der Waals surface area contributed by atoms with Crippen LogP contribution in [0.5, 0.6) is 0 Å². The molecule has 4 heteroatoms. The maximum atomic E-state index is 12.5. The van der Waals surface area contributed by atoms with Crippen LogP contribution in [0.15, 0.2) is 53.1 Å². The van der Waals surface area contributed by atoms with E-state index in [0.29, 0.717) is 16.1 Å². The Balaban J connectivity index is 2.15. The third-order valence-electron chi connectivity index (χ3n) is 3.01. The number of hydrogen-bond acceptors (Lipinski definition) is 1. The van der Waals surface area contributed by atoms with Crippen LogP contribution in [0.4, 0.5) is 0 Å². The summed E-state index contributed by atoms with van der Waals surface area (Å²) >= 11 is 9.48. The number of nitrogens with one attached hydrogen (secondary N) is 1. The van der Waals surface area contributed by atoms with Gasteiger partial charge >= 0.3 is 0 Å². The van der Waals surface area contributed by atoms with Gasteiger partial charge in [-0.1, -0.05) is 45.7 Å². The van der Waals surface area contributed by atoms with E-state index in [1.165, 1.54) is 0 Å². The summed E-state index contributed by atoms with van der Waals surface area (Å²) in [6.07, 6.45) is 1.72. The molecule has 0 bridgehead atoms. The molecule has 0 aliphatic rings. The Hall–Kier alpha value is -1.58. The van der Waals surface area contributed by atoms with Crippen LogP contribution in [0.3, 0.4) is 0 Å². The summed E-state index contributed by atoms with van der Waals surface area (Å²) in [5.74, 6) is -0.0702. The molecule has 0 saturated carbocycles. The smallest absolute Gasteiger partial charge is 0.196 e. The molecule has 1 aromatic heterocycles. The second-order valence-corrected chi connectivity index (χ2v) is 5.52. The molecule has 0 amide bonds. The first-order chi connectivity index (χ1) is 9.16. The van der Waals surface area contributed by atoms with Gasteiger partial charge < -0.3 is 4.98 Å². The number of rotatable bonds is 2. The number of fused-ring (bicyclic) bond motifs is 1. The van der Waals surface area contributed by atoms with Gasteiger partial charge in [-0.25, -0.2) is 0 Å². The van der Waals surface area contributed by atoms with Crippen molar-refractivity contribution in [1.82, 2.24) is 4.98 Å². The third-order valence-corrected chi connectivity index (χ3v) is 3.83. The number of carbonyl (C=O) groups is 1. The number of halogens is 2. The molecule has 0 aliphatic heterocycles. The van der Waals surface area contributed by atoms with Crippen LogP contribution in [0.2, 0.25) is 5.02 Å². The van der Waals surface area contributed by atoms with E-state index in [0.717, 1.165) is 15.4 Å². The van der Waals surface area contributed by atoms with Crippen molar-refractivity contribution < 1.29 is 4.79 Å². The van der Waals surface area contributed by atoms with Crippen molar-refractivity contribution in [3.63, 3.8) is 0 Å². The Morgan fingerprint density at radius 2 is 1.89 bits per heavy atom. The van der Waals surface area contributed by atoms with Gasteiger partial charge in [0, 0.05) is 32.7 Å². The normalized spacial score (nSPS) is 10.8. The number of aromatic amines is 1. The predicted octanol–water partition coefficient (Wildman–Crippen LogP) is 4.81. The zero-order valence-corrected chi connectivity index (χ0v) is 12.1. The molecule has 0 unspecified atom stereocenters. The van der Waals surface area contributed by atoms with Gasteiger partial charge in [0.1, 0.15) is 0 Å². The minimum atomic E-state index is -0.0702. The Morgan fingerprint density at radius 3 is 2.68 bits per heavy atom. The fraction of sp³-hybridized carbons (Fsp3) is 0. The van der Waals surface area contributed by atoms with Crippen LogP contribution >= 0.6 is 27.5 Å². The van der Waals surface area contributed by atoms with Crippen LogP contribution in [0.1, 0.15) is 15.9 Å². The summed E-state index contributed by atoms with van der Waals surface area (Å²) in [4.78, 5) is 15.6. The average molecular weight is 335 g/mol. The molecular formula is C15H9BrClNO. The second kappa shape index (κ2) is 4.83. The standard InChI is InChI=1S/C15H9BrClNO/c16-9-5-6-10-12(8-18-14(10)7-9)15(19)11-3-1-2-4-13(11)17/h1-8,18H. The molecule has 19 heavy (non-hydrogen) atoms. The number of ketones is 1. The largest absolute Gasteiger partial charge is 0.360 e. The van der Waals surface area contributed by atoms with Gasteiger partial charge in [0.2, 0.25) is 0 Å². The van der Waals surface area contributed by atoms with E-state index in [1.807, 2.05) is 30.3 Å². The summed E-state index contributed by atoms with van der Waals surface area (Å²) in [6, 6.07) is 12.9. The van der Waals surface area contributed by atoms with E-state index in [-0.39, 0.29) is 5.78 Å². The number of H-pyrrole nitrogens is 1. The zero-order valence-electron chi connectivity index (χ0n) is 9.78. The third kappa shape index (κ3) is 2.20. The van der Waals surface area contributed by atoms with Crippen molar-refractivity contribution in [3.05, 3.63) is 69.3 Å². The van der Waals surface area contributed by atoms with E-state index in [4.69, 9.17) is 11.6 Å². The van der Waals surface area contributed by atoms with Crippen molar-refractivity contribution in [2.45, 2.75) is 0 Å². The Labute approximate surface area is 123 Å². The summed E-state index contributed by atoms with van der Waals surface area (Å²) in [5.41, 5.74) is 2.08. The van der Waals surface area contributed by atoms with Crippen LogP contribution in [-0.4, -0.2) is 10.8 Å². The monoisotopic (exact) mass is 333 g/mol. The first-order valence-corrected chi connectivity index (χ1v) is 6.90. The lowest BCUT2D eigenvalue weighted by Crippen LogP contribution is -2.00. The molecule has 0 spiro atoms. The van der Waals surface area contributed by atoms with Gasteiger partial charge in [0.05, 0.1) is 5.02 Å². The van der Waals surface area contributed by atoms with Gasteiger partial charge in [-0.2, -0.15) is 0 Å². The number of aromatic nitrogens is 1. The molecular weight excluding hydrogens is 326 g/mol. The quantitative estimate of drug-likeness (QED) is 0.670. The molecule has 3 rings (SSSR count). The van der Waals surface area contributed by atoms with Crippen LogP contribution in [-0.2, 0) is 0 Å². The molecule has 0 radical (unpaired) electrons. The van der Waals surface area contributed by atoms with E-state index in [2.05, 4.69) is 20.9 Å². The zero-order chi connectivity index (χ0) is 13.4. The Morgan fingerprint density at radius 1 is 1.11 bits per heavy atom. The van der Waals surface area contributed by atoms with Crippen molar-refractivity contribution >= 4 is 44.2 Å². The molecule has 0 saturated heterocycles. The Bertz CT molecular complexity index is 779. The van der Waals surface area contributed by atoms with Gasteiger partial charge in [-0.05, 0) is 24.3 Å². The SMILES string of the molecule is O=C(c1ccccc1Cl)c1c[nH]c2cc(Br)ccc12. The summed E-state index contributed by atoms with van der Waals surface area (Å²) in [7, 11) is 0. The van der Waals surface area contributed by atoms with Crippen molar-refractivity contribution in [1.29, 1.82) is 0 Å². The second-order valence-electron chi connectivity index (χ2n) is 4.20. The van der Waals surface area contributed by atoms with E-state index in [9.17, 15) is 4.79 Å². The molecule has 1 N–H and O–H groups in total. The average Bonchev–Trinajstić information content (AvgIpc) is 2.81. The minimum absolute atomic E-state index is 0.0702. The first kappa shape index (κ1) is 12.5. The first-order valence-electron chi connectivity index (χ1n) is 5.72. The lowest BCUT2D eigenvalue weighted by molar-refractivity contribution is 0.104. The lowest BCUT2D eigenvalue weighted by Gasteiger charge is -2.02. The van der Waals surface area contributed by atoms with Gasteiger partial charge in [-0.3, -0.25) is 4.79 Å². The maximum absolute atomic E-state index is 12.5. The van der Waals surface area contributed by atoms with E-state index in [1.54, 1.807) is 18.3 Å². The molecule has 2 nitrogen and oxygen atoms in total. The number of carbonyl (C=O) groups excluding carboxylic acids is 1.